The van der Waals surface area contributed by atoms with Crippen LogP contribution in [-0.4, -0.2) is 19.5 Å². The molecule has 1 saturated carbocycles. The predicted molar refractivity (Wildman–Crippen MR) is 80.6 cm³/mol. The number of sulfone groups is 1. The second-order valence-electron chi connectivity index (χ2n) is 6.03. The van der Waals surface area contributed by atoms with Gasteiger partial charge in [0.15, 0.2) is 9.84 Å². The molecule has 0 aliphatic heterocycles. The lowest BCUT2D eigenvalue weighted by atomic mass is 9.72. The van der Waals surface area contributed by atoms with Crippen LogP contribution in [-0.2, 0) is 22.7 Å². The lowest BCUT2D eigenvalue weighted by Gasteiger charge is -2.40. The summed E-state index contributed by atoms with van der Waals surface area (Å²) in [5.74, 6) is 0.296. The Morgan fingerprint density at radius 3 is 2.47 bits per heavy atom. The van der Waals surface area contributed by atoms with Crippen molar-refractivity contribution in [1.29, 1.82) is 0 Å². The Kier molecular flexibility index (Phi) is 3.50. The number of hydrogen-bond acceptors (Lipinski definition) is 2. The van der Waals surface area contributed by atoms with E-state index in [0.717, 1.165) is 43.9 Å². The maximum atomic E-state index is 12.6. The zero-order valence-corrected chi connectivity index (χ0v) is 13.4. The number of benzene rings is 1. The van der Waals surface area contributed by atoms with Crippen molar-refractivity contribution in [2.75, 3.05) is 11.1 Å². The molecule has 0 radical (unpaired) electrons. The summed E-state index contributed by atoms with van der Waals surface area (Å²) in [6, 6.07) is 5.73. The van der Waals surface area contributed by atoms with E-state index in [2.05, 4.69) is 15.9 Å². The molecule has 19 heavy (non-hydrogen) atoms. The van der Waals surface area contributed by atoms with Gasteiger partial charge in [-0.2, -0.15) is 0 Å². The molecule has 0 spiro atoms. The summed E-state index contributed by atoms with van der Waals surface area (Å²) in [6.45, 7) is 0. The van der Waals surface area contributed by atoms with E-state index in [9.17, 15) is 8.42 Å². The summed E-state index contributed by atoms with van der Waals surface area (Å²) in [7, 11) is -3.14. The van der Waals surface area contributed by atoms with Crippen LogP contribution >= 0.6 is 15.9 Å². The average Bonchev–Trinajstić information content (AvgIpc) is 2.81. The van der Waals surface area contributed by atoms with Crippen molar-refractivity contribution in [3.05, 3.63) is 29.3 Å². The molecule has 0 bridgehead atoms. The molecule has 1 aromatic carbocycles. The van der Waals surface area contributed by atoms with Crippen LogP contribution < -0.4 is 0 Å². The van der Waals surface area contributed by atoms with Gasteiger partial charge in [-0.05, 0) is 60.8 Å². The summed E-state index contributed by atoms with van der Waals surface area (Å²) >= 11 is 3.49. The fourth-order valence-electron chi connectivity index (χ4n) is 3.22. The average molecular weight is 343 g/mol. The van der Waals surface area contributed by atoms with Crippen LogP contribution in [0.3, 0.4) is 0 Å². The standard InChI is InChI=1S/C15H19BrO2S/c16-10-15(7-2-8-15)11-19(17,18)14-6-5-12-3-1-4-13(12)9-14/h5-6,9H,1-4,7-8,10-11H2. The van der Waals surface area contributed by atoms with Crippen LogP contribution in [0.2, 0.25) is 0 Å². The van der Waals surface area contributed by atoms with Crippen LogP contribution in [0.1, 0.15) is 36.8 Å². The number of halogens is 1. The van der Waals surface area contributed by atoms with E-state index in [1.807, 2.05) is 12.1 Å². The SMILES string of the molecule is O=S(=O)(CC1(CBr)CCC1)c1ccc2c(c1)CCC2. The van der Waals surface area contributed by atoms with E-state index in [4.69, 9.17) is 0 Å². The third-order valence-corrected chi connectivity index (χ3v) is 7.78. The van der Waals surface area contributed by atoms with Crippen LogP contribution in [0.25, 0.3) is 0 Å². The molecule has 0 saturated heterocycles. The fourth-order valence-corrected chi connectivity index (χ4v) is 6.20. The van der Waals surface area contributed by atoms with Gasteiger partial charge in [0.25, 0.3) is 0 Å². The van der Waals surface area contributed by atoms with Crippen LogP contribution in [0.4, 0.5) is 0 Å². The lowest BCUT2D eigenvalue weighted by Crippen LogP contribution is -2.38. The Morgan fingerprint density at radius 2 is 1.84 bits per heavy atom. The molecule has 4 heteroatoms. The molecule has 1 aromatic rings. The molecule has 104 valence electrons. The lowest BCUT2D eigenvalue weighted by molar-refractivity contribution is 0.203. The van der Waals surface area contributed by atoms with Crippen molar-refractivity contribution in [2.24, 2.45) is 5.41 Å². The molecule has 2 aliphatic carbocycles. The molecule has 0 N–H and O–H groups in total. The molecule has 0 aromatic heterocycles. The van der Waals surface area contributed by atoms with Gasteiger partial charge in [-0.25, -0.2) is 8.42 Å². The van der Waals surface area contributed by atoms with Crippen molar-refractivity contribution < 1.29 is 8.42 Å². The first-order valence-electron chi connectivity index (χ1n) is 6.95. The van der Waals surface area contributed by atoms with Crippen LogP contribution in [0.15, 0.2) is 23.1 Å². The van der Waals surface area contributed by atoms with Crippen molar-refractivity contribution in [3.63, 3.8) is 0 Å². The van der Waals surface area contributed by atoms with Gasteiger partial charge in [-0.1, -0.05) is 28.4 Å². The molecular weight excluding hydrogens is 324 g/mol. The minimum atomic E-state index is -3.14. The quantitative estimate of drug-likeness (QED) is 0.784. The first-order valence-corrected chi connectivity index (χ1v) is 9.73. The fraction of sp³-hybridized carbons (Fsp3) is 0.600. The second-order valence-corrected chi connectivity index (χ2v) is 8.58. The highest BCUT2D eigenvalue weighted by molar-refractivity contribution is 9.09. The van der Waals surface area contributed by atoms with Crippen molar-refractivity contribution in [1.82, 2.24) is 0 Å². The van der Waals surface area contributed by atoms with E-state index in [0.29, 0.717) is 10.6 Å². The number of alkyl halides is 1. The largest absolute Gasteiger partial charge is 0.224 e. The van der Waals surface area contributed by atoms with Gasteiger partial charge in [0.2, 0.25) is 0 Å². The minimum Gasteiger partial charge on any atom is -0.224 e. The molecule has 0 heterocycles. The molecule has 2 aliphatic rings. The Hall–Kier alpha value is -0.350. The molecule has 3 rings (SSSR count). The Labute approximate surface area is 123 Å². The van der Waals surface area contributed by atoms with Gasteiger partial charge in [-0.15, -0.1) is 0 Å². The minimum absolute atomic E-state index is 0.0160. The predicted octanol–water partition coefficient (Wildman–Crippen LogP) is 3.51. The monoisotopic (exact) mass is 342 g/mol. The Bertz CT molecular complexity index is 583. The molecular formula is C15H19BrO2S. The maximum absolute atomic E-state index is 12.6. The number of hydrogen-bond donors (Lipinski definition) is 0. The van der Waals surface area contributed by atoms with E-state index in [-0.39, 0.29) is 5.41 Å². The number of fused-ring (bicyclic) bond motifs is 1. The molecule has 2 nitrogen and oxygen atoms in total. The summed E-state index contributed by atoms with van der Waals surface area (Å²) in [5.41, 5.74) is 2.55. The number of aryl methyl sites for hydroxylation is 2. The van der Waals surface area contributed by atoms with Gasteiger partial charge < -0.3 is 0 Å². The molecule has 0 atom stereocenters. The van der Waals surface area contributed by atoms with E-state index in [1.165, 1.54) is 11.1 Å². The van der Waals surface area contributed by atoms with Gasteiger partial charge in [-0.3, -0.25) is 0 Å². The number of rotatable bonds is 4. The summed E-state index contributed by atoms with van der Waals surface area (Å²) < 4.78 is 25.2. The normalized spacial score (nSPS) is 20.9. The van der Waals surface area contributed by atoms with Crippen molar-refractivity contribution in [2.45, 2.75) is 43.4 Å². The molecule has 1 fully saturated rings. The van der Waals surface area contributed by atoms with E-state index in [1.54, 1.807) is 6.07 Å². The van der Waals surface area contributed by atoms with Crippen molar-refractivity contribution in [3.8, 4) is 0 Å². The van der Waals surface area contributed by atoms with Gasteiger partial charge in [0.1, 0.15) is 0 Å². The van der Waals surface area contributed by atoms with E-state index < -0.39 is 9.84 Å². The van der Waals surface area contributed by atoms with E-state index >= 15 is 0 Å². The topological polar surface area (TPSA) is 34.1 Å². The maximum Gasteiger partial charge on any atom is 0.178 e. The Balaban J connectivity index is 1.88. The van der Waals surface area contributed by atoms with Crippen molar-refractivity contribution >= 4 is 25.8 Å². The summed E-state index contributed by atoms with van der Waals surface area (Å²) in [5, 5.41) is 0.796. The van der Waals surface area contributed by atoms with Crippen LogP contribution in [0, 0.1) is 5.41 Å². The molecule has 0 unspecified atom stereocenters. The smallest absolute Gasteiger partial charge is 0.178 e. The summed E-state index contributed by atoms with van der Waals surface area (Å²) in [4.78, 5) is 0.528. The second kappa shape index (κ2) is 4.88. The van der Waals surface area contributed by atoms with Crippen LogP contribution in [0.5, 0.6) is 0 Å². The highest BCUT2D eigenvalue weighted by Crippen LogP contribution is 2.44. The third kappa shape index (κ3) is 2.49. The summed E-state index contributed by atoms with van der Waals surface area (Å²) in [6.07, 6.45) is 6.50. The zero-order chi connectivity index (χ0) is 13.5. The van der Waals surface area contributed by atoms with Gasteiger partial charge in [0.05, 0.1) is 10.6 Å². The van der Waals surface area contributed by atoms with Gasteiger partial charge >= 0.3 is 0 Å². The first-order chi connectivity index (χ1) is 9.05. The molecule has 0 amide bonds. The highest BCUT2D eigenvalue weighted by atomic mass is 79.9. The first kappa shape index (κ1) is 13.6. The Morgan fingerprint density at radius 1 is 1.11 bits per heavy atom. The highest BCUT2D eigenvalue weighted by Gasteiger charge is 2.40. The van der Waals surface area contributed by atoms with Gasteiger partial charge in [0, 0.05) is 5.33 Å². The third-order valence-electron chi connectivity index (χ3n) is 4.62. The zero-order valence-electron chi connectivity index (χ0n) is 11.0.